The minimum absolute atomic E-state index is 0.0326. The molecule has 1 saturated heterocycles. The zero-order valence-corrected chi connectivity index (χ0v) is 15.3. The van der Waals surface area contributed by atoms with Crippen LogP contribution in [-0.4, -0.2) is 47.8 Å². The average molecular weight is 398 g/mol. The number of nitrogens with zero attached hydrogens (tertiary/aromatic N) is 1. The fourth-order valence-electron chi connectivity index (χ4n) is 2.35. The second-order valence-corrected chi connectivity index (χ2v) is 9.04. The van der Waals surface area contributed by atoms with Crippen molar-refractivity contribution in [3.8, 4) is 0 Å². The first-order chi connectivity index (χ1) is 11.8. The molecule has 2 amide bonds. The summed E-state index contributed by atoms with van der Waals surface area (Å²) in [5, 5.41) is 3.71. The Bertz CT molecular complexity index is 871. The van der Waals surface area contributed by atoms with Crippen molar-refractivity contribution < 1.29 is 22.4 Å². The van der Waals surface area contributed by atoms with Crippen molar-refractivity contribution in [3.05, 3.63) is 40.5 Å². The van der Waals surface area contributed by atoms with Crippen LogP contribution in [-0.2, 0) is 19.4 Å². The second-order valence-electron chi connectivity index (χ2n) is 5.43. The molecule has 0 unspecified atom stereocenters. The van der Waals surface area contributed by atoms with Crippen LogP contribution in [0.4, 0.5) is 0 Å². The molecule has 3 heterocycles. The Kier molecular flexibility index (Phi) is 5.11. The normalized spacial score (nSPS) is 23.6. The molecule has 0 saturated carbocycles. The predicted octanol–water partition coefficient (Wildman–Crippen LogP) is 1.30. The van der Waals surface area contributed by atoms with Crippen molar-refractivity contribution in [3.63, 3.8) is 0 Å². The molecule has 1 fully saturated rings. The summed E-state index contributed by atoms with van der Waals surface area (Å²) in [5.41, 5.74) is 0. The molecule has 1 aromatic heterocycles. The van der Waals surface area contributed by atoms with Gasteiger partial charge >= 0.3 is 0 Å². The van der Waals surface area contributed by atoms with Crippen LogP contribution in [0.1, 0.15) is 12.2 Å². The molecule has 25 heavy (non-hydrogen) atoms. The lowest BCUT2D eigenvalue weighted by molar-refractivity contribution is -0.124. The van der Waals surface area contributed by atoms with E-state index in [1.165, 1.54) is 17.2 Å². The van der Waals surface area contributed by atoms with E-state index in [9.17, 15) is 18.0 Å². The summed E-state index contributed by atoms with van der Waals surface area (Å²) in [6, 6.07) is 2.92. The van der Waals surface area contributed by atoms with Gasteiger partial charge in [0.2, 0.25) is 5.91 Å². The molecule has 0 spiro atoms. The van der Waals surface area contributed by atoms with Crippen molar-refractivity contribution in [2.75, 3.05) is 12.3 Å². The van der Waals surface area contributed by atoms with E-state index in [1.807, 2.05) is 0 Å². The highest BCUT2D eigenvalue weighted by Gasteiger charge is 2.32. The standard InChI is InChI=1S/C15H14N2O5S3/c18-13(16-10-4-7-25(20,21)9-10)3-5-17-14(19)12(24-15(17)23)8-11-2-1-6-22-11/h1-2,4,6-8,10H,3,5,9H2,(H,16,18)/b12-8-/t10-/m1/s1. The van der Waals surface area contributed by atoms with Crippen LogP contribution < -0.4 is 5.32 Å². The minimum Gasteiger partial charge on any atom is -0.465 e. The Morgan fingerprint density at radius 2 is 2.32 bits per heavy atom. The van der Waals surface area contributed by atoms with Gasteiger partial charge in [0.15, 0.2) is 9.84 Å². The molecule has 0 aromatic carbocycles. The van der Waals surface area contributed by atoms with Crippen LogP contribution >= 0.6 is 24.0 Å². The lowest BCUT2D eigenvalue weighted by atomic mass is 10.3. The second kappa shape index (κ2) is 7.14. The summed E-state index contributed by atoms with van der Waals surface area (Å²) >= 11 is 6.34. The summed E-state index contributed by atoms with van der Waals surface area (Å²) in [6.07, 6.45) is 4.59. The highest BCUT2D eigenvalue weighted by molar-refractivity contribution is 8.26. The van der Waals surface area contributed by atoms with Crippen LogP contribution in [0.5, 0.6) is 0 Å². The zero-order chi connectivity index (χ0) is 18.0. The summed E-state index contributed by atoms with van der Waals surface area (Å²) in [5.74, 6) is -0.197. The van der Waals surface area contributed by atoms with Gasteiger partial charge in [0.25, 0.3) is 5.91 Å². The molecule has 2 aliphatic heterocycles. The van der Waals surface area contributed by atoms with Crippen LogP contribution in [0.3, 0.4) is 0 Å². The molecular weight excluding hydrogens is 384 g/mol. The van der Waals surface area contributed by atoms with Gasteiger partial charge in [-0.15, -0.1) is 0 Å². The lowest BCUT2D eigenvalue weighted by Gasteiger charge is -2.15. The van der Waals surface area contributed by atoms with Gasteiger partial charge in [-0.25, -0.2) is 8.42 Å². The lowest BCUT2D eigenvalue weighted by Crippen LogP contribution is -2.38. The summed E-state index contributed by atoms with van der Waals surface area (Å²) in [6.45, 7) is 0.134. The number of nitrogens with one attached hydrogen (secondary N) is 1. The number of hydrogen-bond donors (Lipinski definition) is 1. The SMILES string of the molecule is O=C(CCN1C(=O)/C(=C/c2ccco2)SC1=S)N[C@@H]1C=CS(=O)(=O)C1. The van der Waals surface area contributed by atoms with E-state index >= 15 is 0 Å². The fraction of sp³-hybridized carbons (Fsp3) is 0.267. The Morgan fingerprint density at radius 1 is 1.52 bits per heavy atom. The summed E-state index contributed by atoms with van der Waals surface area (Å²) < 4.78 is 28.2. The number of furan rings is 1. The van der Waals surface area contributed by atoms with Crippen molar-refractivity contribution in [2.45, 2.75) is 12.5 Å². The van der Waals surface area contributed by atoms with E-state index in [2.05, 4.69) is 5.32 Å². The zero-order valence-electron chi connectivity index (χ0n) is 12.9. The van der Waals surface area contributed by atoms with Crippen LogP contribution in [0, 0.1) is 0 Å². The molecule has 0 aliphatic carbocycles. The van der Waals surface area contributed by atoms with Gasteiger partial charge in [-0.2, -0.15) is 0 Å². The molecule has 1 atom stereocenters. The van der Waals surface area contributed by atoms with Crippen molar-refractivity contribution in [2.24, 2.45) is 0 Å². The van der Waals surface area contributed by atoms with E-state index in [1.54, 1.807) is 18.2 Å². The highest BCUT2D eigenvalue weighted by Crippen LogP contribution is 2.32. The topological polar surface area (TPSA) is 96.7 Å². The molecule has 132 valence electrons. The average Bonchev–Trinajstić information content (AvgIpc) is 3.21. The maximum absolute atomic E-state index is 12.4. The Labute approximate surface area is 154 Å². The third kappa shape index (κ3) is 4.39. The van der Waals surface area contributed by atoms with Crippen LogP contribution in [0.2, 0.25) is 0 Å². The fourth-order valence-corrected chi connectivity index (χ4v) is 4.88. The monoisotopic (exact) mass is 398 g/mol. The van der Waals surface area contributed by atoms with Gasteiger partial charge in [-0.3, -0.25) is 14.5 Å². The van der Waals surface area contributed by atoms with Gasteiger partial charge in [0, 0.05) is 24.4 Å². The Morgan fingerprint density at radius 3 is 2.96 bits per heavy atom. The number of hydrogen-bond acceptors (Lipinski definition) is 7. The maximum atomic E-state index is 12.4. The van der Waals surface area contributed by atoms with Gasteiger partial charge < -0.3 is 9.73 Å². The first-order valence-electron chi connectivity index (χ1n) is 7.33. The van der Waals surface area contributed by atoms with E-state index in [0.717, 1.165) is 17.2 Å². The number of carbonyl (C=O) groups is 2. The van der Waals surface area contributed by atoms with Crippen LogP contribution in [0.15, 0.2) is 39.2 Å². The largest absolute Gasteiger partial charge is 0.465 e. The number of sulfone groups is 1. The first kappa shape index (κ1) is 17.9. The number of thiocarbonyl (C=S) groups is 1. The highest BCUT2D eigenvalue weighted by atomic mass is 32.2. The third-order valence-corrected chi connectivity index (χ3v) is 6.30. The third-order valence-electron chi connectivity index (χ3n) is 3.53. The number of carbonyl (C=O) groups excluding carboxylic acids is 2. The number of thioether (sulfide) groups is 1. The van der Waals surface area contributed by atoms with E-state index in [-0.39, 0.29) is 30.5 Å². The van der Waals surface area contributed by atoms with Gasteiger partial charge in [-0.1, -0.05) is 24.0 Å². The summed E-state index contributed by atoms with van der Waals surface area (Å²) in [4.78, 5) is 26.1. The quantitative estimate of drug-likeness (QED) is 0.590. The smallest absolute Gasteiger partial charge is 0.266 e. The van der Waals surface area contributed by atoms with Crippen molar-refractivity contribution in [1.82, 2.24) is 10.2 Å². The summed E-state index contributed by atoms with van der Waals surface area (Å²) in [7, 11) is -3.22. The molecule has 1 N–H and O–H groups in total. The molecule has 0 radical (unpaired) electrons. The Hall–Kier alpha value is -1.91. The molecule has 2 aliphatic rings. The molecule has 0 bridgehead atoms. The molecule has 7 nitrogen and oxygen atoms in total. The van der Waals surface area contributed by atoms with Crippen LogP contribution in [0.25, 0.3) is 6.08 Å². The molecule has 10 heteroatoms. The Balaban J connectivity index is 1.54. The molecular formula is C15H14N2O5S3. The van der Waals surface area contributed by atoms with Gasteiger partial charge in [0.05, 0.1) is 23.0 Å². The van der Waals surface area contributed by atoms with E-state index in [4.69, 9.17) is 16.6 Å². The number of amides is 2. The van der Waals surface area contributed by atoms with E-state index in [0.29, 0.717) is 15.0 Å². The first-order valence-corrected chi connectivity index (χ1v) is 10.3. The maximum Gasteiger partial charge on any atom is 0.266 e. The molecule has 3 rings (SSSR count). The predicted molar refractivity (Wildman–Crippen MR) is 98.1 cm³/mol. The number of rotatable bonds is 5. The van der Waals surface area contributed by atoms with Crippen molar-refractivity contribution in [1.29, 1.82) is 0 Å². The van der Waals surface area contributed by atoms with Gasteiger partial charge in [-0.05, 0) is 18.2 Å². The molecule has 1 aromatic rings. The van der Waals surface area contributed by atoms with E-state index < -0.39 is 15.9 Å². The minimum atomic E-state index is -3.22. The van der Waals surface area contributed by atoms with Gasteiger partial charge in [0.1, 0.15) is 10.1 Å². The van der Waals surface area contributed by atoms with Crippen molar-refractivity contribution >= 4 is 56.0 Å².